The molecule has 7 heteroatoms. The average Bonchev–Trinajstić information content (AvgIpc) is 2.90. The Morgan fingerprint density at radius 1 is 1.31 bits per heavy atom. The molecular formula is C19H23NO4S2. The molecule has 1 aliphatic rings. The number of carbonyl (C=O) groups is 2. The molecule has 0 aromatic heterocycles. The Labute approximate surface area is 163 Å². The second kappa shape index (κ2) is 10.3. The average molecular weight is 394 g/mol. The van der Waals surface area contributed by atoms with Crippen LogP contribution < -0.4 is 4.74 Å². The number of rotatable bonds is 9. The van der Waals surface area contributed by atoms with E-state index < -0.39 is 0 Å². The van der Waals surface area contributed by atoms with Gasteiger partial charge in [-0.05, 0) is 25.0 Å². The van der Waals surface area contributed by atoms with E-state index in [1.165, 1.54) is 23.8 Å². The van der Waals surface area contributed by atoms with Gasteiger partial charge in [-0.15, -0.1) is 0 Å². The Hall–Kier alpha value is -1.86. The maximum atomic E-state index is 12.6. The highest BCUT2D eigenvalue weighted by Crippen LogP contribution is 2.34. The number of para-hydroxylation sites is 1. The van der Waals surface area contributed by atoms with Crippen molar-refractivity contribution >= 4 is 46.3 Å². The van der Waals surface area contributed by atoms with Crippen LogP contribution in [-0.2, 0) is 14.3 Å². The third-order valence-corrected chi connectivity index (χ3v) is 5.20. The van der Waals surface area contributed by atoms with Crippen LogP contribution in [0.1, 0.15) is 38.2 Å². The van der Waals surface area contributed by atoms with Gasteiger partial charge in [0.15, 0.2) is 0 Å². The van der Waals surface area contributed by atoms with Crippen LogP contribution in [0.5, 0.6) is 5.75 Å². The van der Waals surface area contributed by atoms with Crippen LogP contribution >= 0.6 is 24.0 Å². The molecule has 0 radical (unpaired) electrons. The molecule has 1 heterocycles. The molecule has 0 aliphatic carbocycles. The lowest BCUT2D eigenvalue weighted by Crippen LogP contribution is -2.29. The number of amides is 1. The van der Waals surface area contributed by atoms with E-state index in [2.05, 4.69) is 11.7 Å². The van der Waals surface area contributed by atoms with Gasteiger partial charge in [-0.25, -0.2) is 0 Å². The molecule has 0 saturated carbocycles. The Morgan fingerprint density at radius 2 is 2.08 bits per heavy atom. The molecule has 0 spiro atoms. The van der Waals surface area contributed by atoms with E-state index in [1.54, 1.807) is 0 Å². The molecule has 0 unspecified atom stereocenters. The fourth-order valence-corrected chi connectivity index (χ4v) is 3.67. The summed E-state index contributed by atoms with van der Waals surface area (Å²) in [6.45, 7) is 3.17. The predicted octanol–water partition coefficient (Wildman–Crippen LogP) is 4.02. The topological polar surface area (TPSA) is 55.8 Å². The summed E-state index contributed by atoms with van der Waals surface area (Å²) in [7, 11) is 1.35. The number of thiocarbonyl (C=S) groups is 1. The van der Waals surface area contributed by atoms with Crippen molar-refractivity contribution < 1.29 is 19.1 Å². The second-order valence-electron chi connectivity index (χ2n) is 5.75. The van der Waals surface area contributed by atoms with E-state index in [0.29, 0.717) is 28.8 Å². The molecule has 1 aromatic rings. The monoisotopic (exact) mass is 393 g/mol. The first kappa shape index (κ1) is 20.5. The number of carbonyl (C=O) groups excluding carboxylic acids is 2. The summed E-state index contributed by atoms with van der Waals surface area (Å²) < 4.78 is 10.9. The van der Waals surface area contributed by atoms with Gasteiger partial charge < -0.3 is 9.47 Å². The summed E-state index contributed by atoms with van der Waals surface area (Å²) in [5.74, 6) is 0.342. The lowest BCUT2D eigenvalue weighted by Gasteiger charge is -2.13. The fraction of sp³-hybridized carbons (Fsp3) is 0.421. The third kappa shape index (κ3) is 5.57. The van der Waals surface area contributed by atoms with Gasteiger partial charge in [0.25, 0.3) is 5.91 Å². The zero-order valence-corrected chi connectivity index (χ0v) is 16.7. The van der Waals surface area contributed by atoms with E-state index in [1.807, 2.05) is 30.3 Å². The molecule has 1 aromatic carbocycles. The molecular weight excluding hydrogens is 370 g/mol. The second-order valence-corrected chi connectivity index (χ2v) is 7.43. The summed E-state index contributed by atoms with van der Waals surface area (Å²) >= 11 is 6.59. The minimum absolute atomic E-state index is 0.131. The first-order valence-electron chi connectivity index (χ1n) is 8.60. The maximum Gasteiger partial charge on any atom is 0.305 e. The van der Waals surface area contributed by atoms with Crippen LogP contribution in [0.3, 0.4) is 0 Å². The summed E-state index contributed by atoms with van der Waals surface area (Å²) in [6, 6.07) is 7.65. The zero-order valence-electron chi connectivity index (χ0n) is 15.0. The standard InChI is InChI=1S/C19H23NO4S2/c1-3-4-12-24-15-9-6-5-8-14(15)13-16-18(22)20(19(25)26-16)11-7-10-17(21)23-2/h5-6,8-9,13H,3-4,7,10-12H2,1-2H3/b16-13+. The smallest absolute Gasteiger partial charge is 0.305 e. The van der Waals surface area contributed by atoms with Gasteiger partial charge in [-0.1, -0.05) is 55.5 Å². The molecule has 26 heavy (non-hydrogen) atoms. The number of hydrogen-bond donors (Lipinski definition) is 0. The van der Waals surface area contributed by atoms with Crippen molar-refractivity contribution in [2.24, 2.45) is 0 Å². The highest BCUT2D eigenvalue weighted by molar-refractivity contribution is 8.26. The lowest BCUT2D eigenvalue weighted by molar-refractivity contribution is -0.141. The first-order valence-corrected chi connectivity index (χ1v) is 9.83. The van der Waals surface area contributed by atoms with Gasteiger partial charge in [0, 0.05) is 18.5 Å². The molecule has 0 N–H and O–H groups in total. The van der Waals surface area contributed by atoms with Gasteiger partial charge in [-0.2, -0.15) is 0 Å². The minimum atomic E-state index is -0.288. The van der Waals surface area contributed by atoms with Crippen molar-refractivity contribution in [3.63, 3.8) is 0 Å². The van der Waals surface area contributed by atoms with Crippen LogP contribution in [0, 0.1) is 0 Å². The number of ether oxygens (including phenoxy) is 2. The van der Waals surface area contributed by atoms with Crippen LogP contribution in [-0.4, -0.2) is 41.4 Å². The number of unbranched alkanes of at least 4 members (excludes halogenated alkanes) is 1. The van der Waals surface area contributed by atoms with Gasteiger partial charge in [-0.3, -0.25) is 14.5 Å². The number of nitrogens with zero attached hydrogens (tertiary/aromatic N) is 1. The first-order chi connectivity index (χ1) is 12.6. The van der Waals surface area contributed by atoms with Gasteiger partial charge in [0.2, 0.25) is 0 Å². The molecule has 0 atom stereocenters. The SMILES string of the molecule is CCCCOc1ccccc1/C=C1/SC(=S)N(CCCC(=O)OC)C1=O. The predicted molar refractivity (Wildman–Crippen MR) is 108 cm³/mol. The summed E-state index contributed by atoms with van der Waals surface area (Å²) in [6.07, 6.45) is 4.65. The molecule has 0 bridgehead atoms. The normalized spacial score (nSPS) is 15.6. The molecule has 1 aliphatic heterocycles. The van der Waals surface area contributed by atoms with Crippen molar-refractivity contribution in [3.8, 4) is 5.75 Å². The van der Waals surface area contributed by atoms with Crippen LogP contribution in [0.25, 0.3) is 6.08 Å². The van der Waals surface area contributed by atoms with Gasteiger partial charge >= 0.3 is 5.97 Å². The van der Waals surface area contributed by atoms with E-state index >= 15 is 0 Å². The van der Waals surface area contributed by atoms with Crippen molar-refractivity contribution in [2.75, 3.05) is 20.3 Å². The van der Waals surface area contributed by atoms with Crippen LogP contribution in [0.15, 0.2) is 29.2 Å². The van der Waals surface area contributed by atoms with Crippen LogP contribution in [0.4, 0.5) is 0 Å². The van der Waals surface area contributed by atoms with Gasteiger partial charge in [0.1, 0.15) is 10.1 Å². The number of esters is 1. The van der Waals surface area contributed by atoms with E-state index in [0.717, 1.165) is 24.2 Å². The van der Waals surface area contributed by atoms with Gasteiger partial charge in [0.05, 0.1) is 18.6 Å². The van der Waals surface area contributed by atoms with E-state index in [4.69, 9.17) is 17.0 Å². The third-order valence-electron chi connectivity index (χ3n) is 3.82. The van der Waals surface area contributed by atoms with Crippen LogP contribution in [0.2, 0.25) is 0 Å². The number of benzene rings is 1. The molecule has 1 amide bonds. The zero-order chi connectivity index (χ0) is 18.9. The maximum absolute atomic E-state index is 12.6. The highest BCUT2D eigenvalue weighted by Gasteiger charge is 2.31. The molecule has 5 nitrogen and oxygen atoms in total. The Kier molecular flexibility index (Phi) is 8.12. The largest absolute Gasteiger partial charge is 0.493 e. The molecule has 1 fully saturated rings. The van der Waals surface area contributed by atoms with Crippen molar-refractivity contribution in [1.29, 1.82) is 0 Å². The Morgan fingerprint density at radius 3 is 2.81 bits per heavy atom. The highest BCUT2D eigenvalue weighted by atomic mass is 32.2. The summed E-state index contributed by atoms with van der Waals surface area (Å²) in [4.78, 5) is 25.9. The number of hydrogen-bond acceptors (Lipinski definition) is 6. The van der Waals surface area contributed by atoms with Crippen molar-refractivity contribution in [1.82, 2.24) is 4.90 Å². The molecule has 1 saturated heterocycles. The summed E-state index contributed by atoms with van der Waals surface area (Å²) in [5, 5.41) is 0. The van der Waals surface area contributed by atoms with E-state index in [9.17, 15) is 9.59 Å². The quantitative estimate of drug-likeness (QED) is 0.273. The van der Waals surface area contributed by atoms with Crippen molar-refractivity contribution in [2.45, 2.75) is 32.6 Å². The van der Waals surface area contributed by atoms with Crippen molar-refractivity contribution in [3.05, 3.63) is 34.7 Å². The van der Waals surface area contributed by atoms with E-state index in [-0.39, 0.29) is 18.3 Å². The minimum Gasteiger partial charge on any atom is -0.493 e. The Bertz CT molecular complexity index is 703. The fourth-order valence-electron chi connectivity index (χ4n) is 2.38. The summed E-state index contributed by atoms with van der Waals surface area (Å²) in [5.41, 5.74) is 0.860. The lowest BCUT2D eigenvalue weighted by atomic mass is 10.2. The number of thioether (sulfide) groups is 1. The molecule has 2 rings (SSSR count). The number of methoxy groups -OCH3 is 1. The Balaban J connectivity index is 2.06. The molecule has 140 valence electrons.